The van der Waals surface area contributed by atoms with Crippen molar-refractivity contribution in [2.45, 2.75) is 6.92 Å². The topological polar surface area (TPSA) is 101 Å². The van der Waals surface area contributed by atoms with Crippen LogP contribution in [0.25, 0.3) is 0 Å². The lowest BCUT2D eigenvalue weighted by atomic mass is 10.1. The van der Waals surface area contributed by atoms with Crippen LogP contribution in [0.1, 0.15) is 26.3 Å². The average molecular weight is 375 g/mol. The van der Waals surface area contributed by atoms with E-state index in [4.69, 9.17) is 0 Å². The molecule has 140 valence electrons. The molecule has 0 saturated carbocycles. The van der Waals surface area contributed by atoms with Gasteiger partial charge in [0.2, 0.25) is 0 Å². The van der Waals surface area contributed by atoms with Gasteiger partial charge in [-0.25, -0.2) is 0 Å². The second-order valence-electron chi connectivity index (χ2n) is 6.16. The van der Waals surface area contributed by atoms with Crippen molar-refractivity contribution in [3.8, 4) is 0 Å². The quantitative estimate of drug-likeness (QED) is 0.509. The molecule has 0 spiro atoms. The van der Waals surface area contributed by atoms with Crippen LogP contribution in [0.15, 0.2) is 72.8 Å². The molecule has 0 aliphatic carbocycles. The normalized spacial score (nSPS) is 10.2. The average Bonchev–Trinajstić information content (AvgIpc) is 2.68. The molecule has 2 amide bonds. The number of rotatable bonds is 5. The van der Waals surface area contributed by atoms with Gasteiger partial charge in [-0.1, -0.05) is 12.1 Å². The van der Waals surface area contributed by atoms with Crippen molar-refractivity contribution in [1.29, 1.82) is 0 Å². The molecule has 0 atom stereocenters. The lowest BCUT2D eigenvalue weighted by Gasteiger charge is -2.08. The van der Waals surface area contributed by atoms with E-state index in [9.17, 15) is 19.7 Å². The van der Waals surface area contributed by atoms with Crippen LogP contribution in [-0.2, 0) is 0 Å². The van der Waals surface area contributed by atoms with Crippen molar-refractivity contribution in [3.63, 3.8) is 0 Å². The summed E-state index contributed by atoms with van der Waals surface area (Å²) in [5.41, 5.74) is 2.93. The van der Waals surface area contributed by atoms with Crippen LogP contribution < -0.4 is 10.6 Å². The highest BCUT2D eigenvalue weighted by Gasteiger charge is 2.11. The standard InChI is InChI=1S/C21H17N3O4/c1-14-3-2-4-18(13-14)23-21(26)15-5-9-17(10-6-15)22-20(25)16-7-11-19(12-8-16)24(27)28/h2-13H,1H3,(H,22,25)(H,23,26). The maximum Gasteiger partial charge on any atom is 0.269 e. The Labute approximate surface area is 161 Å². The number of nitro groups is 1. The largest absolute Gasteiger partial charge is 0.322 e. The highest BCUT2D eigenvalue weighted by molar-refractivity contribution is 6.06. The maximum atomic E-state index is 12.3. The number of hydrogen-bond acceptors (Lipinski definition) is 4. The summed E-state index contributed by atoms with van der Waals surface area (Å²) in [5, 5.41) is 16.2. The molecule has 2 N–H and O–H groups in total. The van der Waals surface area contributed by atoms with Gasteiger partial charge in [0, 0.05) is 34.6 Å². The molecule has 0 fully saturated rings. The minimum absolute atomic E-state index is 0.0828. The van der Waals surface area contributed by atoms with E-state index < -0.39 is 10.8 Å². The summed E-state index contributed by atoms with van der Waals surface area (Å²) in [4.78, 5) is 34.7. The molecule has 3 aromatic rings. The molecular weight excluding hydrogens is 358 g/mol. The van der Waals surface area contributed by atoms with Crippen LogP contribution in [0.3, 0.4) is 0 Å². The molecule has 0 aliphatic heterocycles. The first-order valence-electron chi connectivity index (χ1n) is 8.46. The first-order chi connectivity index (χ1) is 13.4. The molecule has 0 saturated heterocycles. The van der Waals surface area contributed by atoms with Crippen LogP contribution in [0.4, 0.5) is 17.1 Å². The zero-order chi connectivity index (χ0) is 20.1. The van der Waals surface area contributed by atoms with Gasteiger partial charge in [-0.3, -0.25) is 19.7 Å². The first-order valence-corrected chi connectivity index (χ1v) is 8.46. The maximum absolute atomic E-state index is 12.3. The minimum Gasteiger partial charge on any atom is -0.322 e. The third kappa shape index (κ3) is 4.59. The van der Waals surface area contributed by atoms with Gasteiger partial charge in [0.25, 0.3) is 17.5 Å². The summed E-state index contributed by atoms with van der Waals surface area (Å²) in [5.74, 6) is -0.647. The number of nitro benzene ring substituents is 1. The van der Waals surface area contributed by atoms with E-state index in [0.717, 1.165) is 5.56 Å². The third-order valence-corrected chi connectivity index (χ3v) is 4.02. The van der Waals surface area contributed by atoms with Crippen molar-refractivity contribution >= 4 is 28.9 Å². The van der Waals surface area contributed by atoms with Crippen LogP contribution >= 0.6 is 0 Å². The number of carbonyl (C=O) groups excluding carboxylic acids is 2. The summed E-state index contributed by atoms with van der Waals surface area (Å²) in [7, 11) is 0. The fourth-order valence-electron chi connectivity index (χ4n) is 2.57. The summed E-state index contributed by atoms with van der Waals surface area (Å²) in [6.07, 6.45) is 0. The molecule has 7 nitrogen and oxygen atoms in total. The van der Waals surface area contributed by atoms with Gasteiger partial charge in [-0.05, 0) is 61.0 Å². The number of nitrogens with one attached hydrogen (secondary N) is 2. The summed E-state index contributed by atoms with van der Waals surface area (Å²) in [6, 6.07) is 19.3. The van der Waals surface area contributed by atoms with Crippen molar-refractivity contribution in [2.24, 2.45) is 0 Å². The molecule has 3 aromatic carbocycles. The van der Waals surface area contributed by atoms with E-state index in [0.29, 0.717) is 22.5 Å². The van der Waals surface area contributed by atoms with Gasteiger partial charge in [0.1, 0.15) is 0 Å². The van der Waals surface area contributed by atoms with Crippen LogP contribution in [0, 0.1) is 17.0 Å². The summed E-state index contributed by atoms with van der Waals surface area (Å²) >= 11 is 0. The summed E-state index contributed by atoms with van der Waals surface area (Å²) in [6.45, 7) is 1.94. The Morgan fingerprint density at radius 1 is 0.786 bits per heavy atom. The van der Waals surface area contributed by atoms with Crippen LogP contribution in [0.2, 0.25) is 0 Å². The minimum atomic E-state index is -0.526. The second-order valence-corrected chi connectivity index (χ2v) is 6.16. The van der Waals surface area contributed by atoms with Gasteiger partial charge in [-0.2, -0.15) is 0 Å². The highest BCUT2D eigenvalue weighted by Crippen LogP contribution is 2.16. The number of aryl methyl sites for hydroxylation is 1. The smallest absolute Gasteiger partial charge is 0.269 e. The summed E-state index contributed by atoms with van der Waals surface area (Å²) < 4.78 is 0. The number of amides is 2. The molecule has 0 aromatic heterocycles. The van der Waals surface area contributed by atoms with Crippen molar-refractivity contribution in [1.82, 2.24) is 0 Å². The molecule has 0 aliphatic rings. The molecule has 7 heteroatoms. The van der Waals surface area contributed by atoms with Crippen molar-refractivity contribution in [2.75, 3.05) is 10.6 Å². The van der Waals surface area contributed by atoms with E-state index >= 15 is 0 Å². The number of benzene rings is 3. The first kappa shape index (κ1) is 18.8. The number of hydrogen-bond donors (Lipinski definition) is 2. The fourth-order valence-corrected chi connectivity index (χ4v) is 2.57. The number of non-ortho nitro benzene ring substituents is 1. The molecule has 0 radical (unpaired) electrons. The number of anilines is 2. The Hall–Kier alpha value is -4.00. The zero-order valence-electron chi connectivity index (χ0n) is 15.0. The zero-order valence-corrected chi connectivity index (χ0v) is 15.0. The monoisotopic (exact) mass is 375 g/mol. The van der Waals surface area contributed by atoms with Crippen molar-refractivity contribution in [3.05, 3.63) is 99.6 Å². The van der Waals surface area contributed by atoms with E-state index in [1.54, 1.807) is 24.3 Å². The highest BCUT2D eigenvalue weighted by atomic mass is 16.6. The third-order valence-electron chi connectivity index (χ3n) is 4.02. The van der Waals surface area contributed by atoms with E-state index in [1.165, 1.54) is 24.3 Å². The van der Waals surface area contributed by atoms with Gasteiger partial charge < -0.3 is 10.6 Å². The lowest BCUT2D eigenvalue weighted by Crippen LogP contribution is -2.13. The van der Waals surface area contributed by atoms with Gasteiger partial charge in [0.05, 0.1) is 4.92 Å². The number of carbonyl (C=O) groups is 2. The van der Waals surface area contributed by atoms with Crippen LogP contribution in [-0.4, -0.2) is 16.7 Å². The molecule has 0 unspecified atom stereocenters. The van der Waals surface area contributed by atoms with E-state index in [-0.39, 0.29) is 11.6 Å². The second kappa shape index (κ2) is 8.13. The predicted molar refractivity (Wildman–Crippen MR) is 107 cm³/mol. The predicted octanol–water partition coefficient (Wildman–Crippen LogP) is 4.41. The lowest BCUT2D eigenvalue weighted by molar-refractivity contribution is -0.384. The van der Waals surface area contributed by atoms with Gasteiger partial charge in [0.15, 0.2) is 0 Å². The fraction of sp³-hybridized carbons (Fsp3) is 0.0476. The molecule has 3 rings (SSSR count). The Morgan fingerprint density at radius 3 is 1.86 bits per heavy atom. The molecular formula is C21H17N3O4. The molecule has 0 bridgehead atoms. The van der Waals surface area contributed by atoms with E-state index in [2.05, 4.69) is 10.6 Å². The Morgan fingerprint density at radius 2 is 1.32 bits per heavy atom. The molecule has 28 heavy (non-hydrogen) atoms. The Balaban J connectivity index is 1.64. The van der Waals surface area contributed by atoms with Gasteiger partial charge in [-0.15, -0.1) is 0 Å². The SMILES string of the molecule is Cc1cccc(NC(=O)c2ccc(NC(=O)c3ccc([N+](=O)[O-])cc3)cc2)c1. The molecule has 0 heterocycles. The van der Waals surface area contributed by atoms with Crippen LogP contribution in [0.5, 0.6) is 0 Å². The van der Waals surface area contributed by atoms with Crippen molar-refractivity contribution < 1.29 is 14.5 Å². The number of nitrogens with zero attached hydrogens (tertiary/aromatic N) is 1. The Bertz CT molecular complexity index is 1030. The van der Waals surface area contributed by atoms with Gasteiger partial charge >= 0.3 is 0 Å². The Kier molecular flexibility index (Phi) is 5.45. The van der Waals surface area contributed by atoms with E-state index in [1.807, 2.05) is 31.2 Å².